The molecule has 0 aromatic rings. The van der Waals surface area contributed by atoms with Gasteiger partial charge in [0.05, 0.1) is 6.61 Å². The smallest absolute Gasteiger partial charge is 0.0593 e. The van der Waals surface area contributed by atoms with Gasteiger partial charge in [-0.05, 0) is 38.1 Å². The molecule has 1 fully saturated rings. The summed E-state index contributed by atoms with van der Waals surface area (Å²) in [4.78, 5) is 2.52. The lowest BCUT2D eigenvalue weighted by atomic mass is 10.1. The zero-order valence-corrected chi connectivity index (χ0v) is 10.8. The SMILES string of the molecule is CC(C)COCCN1CCCC1CCCO. The van der Waals surface area contributed by atoms with Gasteiger partial charge in [-0.15, -0.1) is 0 Å². The Morgan fingerprint density at radius 3 is 2.94 bits per heavy atom. The van der Waals surface area contributed by atoms with E-state index in [1.807, 2.05) is 0 Å². The van der Waals surface area contributed by atoms with Crippen LogP contribution in [0.15, 0.2) is 0 Å². The standard InChI is InChI=1S/C13H27NO2/c1-12(2)11-16-10-8-14-7-3-5-13(14)6-4-9-15/h12-13,15H,3-11H2,1-2H3. The van der Waals surface area contributed by atoms with Crippen LogP contribution in [0.3, 0.4) is 0 Å². The third kappa shape index (κ3) is 5.28. The van der Waals surface area contributed by atoms with Crippen molar-refractivity contribution in [3.8, 4) is 0 Å². The Labute approximate surface area is 99.8 Å². The normalized spacial score (nSPS) is 22.1. The van der Waals surface area contributed by atoms with Crippen LogP contribution < -0.4 is 0 Å². The molecule has 1 rings (SSSR count). The molecular weight excluding hydrogens is 202 g/mol. The fourth-order valence-electron chi connectivity index (χ4n) is 2.34. The highest BCUT2D eigenvalue weighted by atomic mass is 16.5. The van der Waals surface area contributed by atoms with Gasteiger partial charge in [0.15, 0.2) is 0 Å². The van der Waals surface area contributed by atoms with Crippen molar-refractivity contribution in [3.05, 3.63) is 0 Å². The molecule has 0 bridgehead atoms. The van der Waals surface area contributed by atoms with Crippen molar-refractivity contribution in [1.82, 2.24) is 4.90 Å². The van der Waals surface area contributed by atoms with E-state index in [-0.39, 0.29) is 0 Å². The molecule has 1 N–H and O–H groups in total. The van der Waals surface area contributed by atoms with E-state index in [0.717, 1.165) is 32.6 Å². The number of nitrogens with zero attached hydrogens (tertiary/aromatic N) is 1. The first kappa shape index (κ1) is 13.9. The molecule has 16 heavy (non-hydrogen) atoms. The Morgan fingerprint density at radius 2 is 2.25 bits per heavy atom. The van der Waals surface area contributed by atoms with E-state index >= 15 is 0 Å². The van der Waals surface area contributed by atoms with Crippen LogP contribution in [-0.2, 0) is 4.74 Å². The number of likely N-dealkylation sites (tertiary alicyclic amines) is 1. The predicted molar refractivity (Wildman–Crippen MR) is 66.6 cm³/mol. The minimum absolute atomic E-state index is 0.328. The minimum atomic E-state index is 0.328. The molecule has 1 saturated heterocycles. The second-order valence-electron chi connectivity index (χ2n) is 5.17. The first-order chi connectivity index (χ1) is 7.74. The molecule has 3 heteroatoms. The van der Waals surface area contributed by atoms with Crippen LogP contribution in [0.2, 0.25) is 0 Å². The quantitative estimate of drug-likeness (QED) is 0.645. The van der Waals surface area contributed by atoms with E-state index in [9.17, 15) is 0 Å². The van der Waals surface area contributed by atoms with Crippen LogP contribution >= 0.6 is 0 Å². The molecule has 0 aromatic carbocycles. The van der Waals surface area contributed by atoms with Crippen LogP contribution in [0.1, 0.15) is 39.5 Å². The third-order valence-corrected chi connectivity index (χ3v) is 3.17. The highest BCUT2D eigenvalue weighted by Gasteiger charge is 2.23. The fourth-order valence-corrected chi connectivity index (χ4v) is 2.34. The van der Waals surface area contributed by atoms with Gasteiger partial charge in [-0.25, -0.2) is 0 Å². The molecule has 0 spiro atoms. The number of aliphatic hydroxyl groups excluding tert-OH is 1. The molecule has 1 atom stereocenters. The highest BCUT2D eigenvalue weighted by Crippen LogP contribution is 2.20. The van der Waals surface area contributed by atoms with E-state index in [2.05, 4.69) is 18.7 Å². The Morgan fingerprint density at radius 1 is 1.44 bits per heavy atom. The lowest BCUT2D eigenvalue weighted by molar-refractivity contribution is 0.0800. The maximum Gasteiger partial charge on any atom is 0.0593 e. The Balaban J connectivity index is 2.09. The van der Waals surface area contributed by atoms with Gasteiger partial charge in [-0.1, -0.05) is 13.8 Å². The number of hydrogen-bond donors (Lipinski definition) is 1. The van der Waals surface area contributed by atoms with Crippen LogP contribution in [0.4, 0.5) is 0 Å². The van der Waals surface area contributed by atoms with Crippen molar-refractivity contribution in [2.24, 2.45) is 5.92 Å². The molecule has 0 amide bonds. The average Bonchev–Trinajstić information content (AvgIpc) is 2.69. The zero-order chi connectivity index (χ0) is 11.8. The van der Waals surface area contributed by atoms with Crippen LogP contribution in [0.25, 0.3) is 0 Å². The summed E-state index contributed by atoms with van der Waals surface area (Å²) in [5, 5.41) is 8.84. The van der Waals surface area contributed by atoms with Gasteiger partial charge in [0.1, 0.15) is 0 Å². The third-order valence-electron chi connectivity index (χ3n) is 3.17. The second kappa shape index (κ2) is 8.04. The predicted octanol–water partition coefficient (Wildman–Crippen LogP) is 1.90. The Kier molecular flexibility index (Phi) is 7.01. The monoisotopic (exact) mass is 229 g/mol. The Bertz CT molecular complexity index is 173. The van der Waals surface area contributed by atoms with Crippen molar-refractivity contribution in [2.75, 3.05) is 32.9 Å². The average molecular weight is 229 g/mol. The minimum Gasteiger partial charge on any atom is -0.396 e. The van der Waals surface area contributed by atoms with E-state index in [0.29, 0.717) is 18.6 Å². The number of hydrogen-bond acceptors (Lipinski definition) is 3. The number of rotatable bonds is 8. The van der Waals surface area contributed by atoms with Crippen LogP contribution in [0.5, 0.6) is 0 Å². The zero-order valence-electron chi connectivity index (χ0n) is 10.8. The topological polar surface area (TPSA) is 32.7 Å². The summed E-state index contributed by atoms with van der Waals surface area (Å²) in [6.07, 6.45) is 4.68. The lowest BCUT2D eigenvalue weighted by Gasteiger charge is -2.24. The summed E-state index contributed by atoms with van der Waals surface area (Å²) in [5.41, 5.74) is 0. The van der Waals surface area contributed by atoms with E-state index in [1.165, 1.54) is 19.4 Å². The van der Waals surface area contributed by atoms with Crippen molar-refractivity contribution in [3.63, 3.8) is 0 Å². The summed E-state index contributed by atoms with van der Waals surface area (Å²) in [6, 6.07) is 0.690. The molecule has 0 aliphatic carbocycles. The summed E-state index contributed by atoms with van der Waals surface area (Å²) in [6.45, 7) is 8.68. The van der Waals surface area contributed by atoms with Crippen LogP contribution in [-0.4, -0.2) is 49.0 Å². The van der Waals surface area contributed by atoms with Crippen molar-refractivity contribution < 1.29 is 9.84 Å². The maximum atomic E-state index is 8.84. The molecule has 96 valence electrons. The molecular formula is C13H27NO2. The van der Waals surface area contributed by atoms with Gasteiger partial charge in [0.25, 0.3) is 0 Å². The highest BCUT2D eigenvalue weighted by molar-refractivity contribution is 4.78. The largest absolute Gasteiger partial charge is 0.396 e. The summed E-state index contributed by atoms with van der Waals surface area (Å²) in [5.74, 6) is 0.628. The van der Waals surface area contributed by atoms with Crippen LogP contribution in [0, 0.1) is 5.92 Å². The molecule has 0 saturated carbocycles. The fraction of sp³-hybridized carbons (Fsp3) is 1.00. The molecule has 1 unspecified atom stereocenters. The summed E-state index contributed by atoms with van der Waals surface area (Å²) < 4.78 is 5.62. The molecule has 0 radical (unpaired) electrons. The first-order valence-electron chi connectivity index (χ1n) is 6.66. The lowest BCUT2D eigenvalue weighted by Crippen LogP contribution is -2.32. The number of ether oxygens (including phenoxy) is 1. The van der Waals surface area contributed by atoms with Gasteiger partial charge in [-0.3, -0.25) is 4.90 Å². The molecule has 0 aromatic heterocycles. The summed E-state index contributed by atoms with van der Waals surface area (Å²) >= 11 is 0. The number of aliphatic hydroxyl groups is 1. The maximum absolute atomic E-state index is 8.84. The Hall–Kier alpha value is -0.120. The van der Waals surface area contributed by atoms with Crippen molar-refractivity contribution >= 4 is 0 Å². The molecule has 3 nitrogen and oxygen atoms in total. The van der Waals surface area contributed by atoms with Gasteiger partial charge >= 0.3 is 0 Å². The molecule has 1 aliphatic rings. The molecule has 1 heterocycles. The first-order valence-corrected chi connectivity index (χ1v) is 6.66. The molecule has 1 aliphatic heterocycles. The van der Waals surface area contributed by atoms with Crippen molar-refractivity contribution in [1.29, 1.82) is 0 Å². The van der Waals surface area contributed by atoms with Gasteiger partial charge < -0.3 is 9.84 Å². The van der Waals surface area contributed by atoms with E-state index in [1.54, 1.807) is 0 Å². The van der Waals surface area contributed by atoms with Crippen molar-refractivity contribution in [2.45, 2.75) is 45.6 Å². The summed E-state index contributed by atoms with van der Waals surface area (Å²) in [7, 11) is 0. The second-order valence-corrected chi connectivity index (χ2v) is 5.17. The van der Waals surface area contributed by atoms with Gasteiger partial charge in [-0.2, -0.15) is 0 Å². The van der Waals surface area contributed by atoms with E-state index in [4.69, 9.17) is 9.84 Å². The van der Waals surface area contributed by atoms with Gasteiger partial charge in [0, 0.05) is 25.8 Å². The van der Waals surface area contributed by atoms with E-state index < -0.39 is 0 Å². The van der Waals surface area contributed by atoms with Gasteiger partial charge in [0.2, 0.25) is 0 Å².